The lowest BCUT2D eigenvalue weighted by atomic mass is 9.92. The number of hydrogen-bond acceptors (Lipinski definition) is 8. The van der Waals surface area contributed by atoms with E-state index in [4.69, 9.17) is 4.74 Å². The van der Waals surface area contributed by atoms with Crippen LogP contribution in [0.15, 0.2) is 67.1 Å². The van der Waals surface area contributed by atoms with E-state index in [0.29, 0.717) is 92.8 Å². The quantitative estimate of drug-likeness (QED) is 0.221. The molecule has 2 aromatic carbocycles. The molecule has 5 heterocycles. The van der Waals surface area contributed by atoms with Gasteiger partial charge in [0.1, 0.15) is 11.5 Å². The topological polar surface area (TPSA) is 109 Å². The van der Waals surface area contributed by atoms with Crippen LogP contribution in [0.25, 0.3) is 27.6 Å². The number of benzene rings is 2. The van der Waals surface area contributed by atoms with Crippen molar-refractivity contribution in [1.82, 2.24) is 35.7 Å². The monoisotopic (exact) mass is 694 g/mol. The molecule has 4 aliphatic rings. The Morgan fingerprint density at radius 3 is 2.51 bits per heavy atom. The van der Waals surface area contributed by atoms with Crippen molar-refractivity contribution in [3.63, 3.8) is 0 Å². The number of nitrogens with zero attached hydrogens (tertiary/aromatic N) is 5. The van der Waals surface area contributed by atoms with E-state index < -0.39 is 11.6 Å². The van der Waals surface area contributed by atoms with Crippen LogP contribution >= 0.6 is 0 Å². The number of ether oxygens (including phenoxy) is 1. The van der Waals surface area contributed by atoms with Gasteiger partial charge in [-0.05, 0) is 59.6 Å². The second-order valence-electron chi connectivity index (χ2n) is 13.5. The summed E-state index contributed by atoms with van der Waals surface area (Å²) in [7, 11) is 1.47. The standard InChI is InChI=1S/C38H40F2N8O3/c1-51-33-19-28(39)22-41-37(33)45-15-17-46(18-16-45)38(50)32-21-31-29(26-8-6-25(7-9-26)24-4-5-24)20-30(35(40)36(31)43-32)27-3-2-12-47(23-27)34(49)10-13-48-14-11-42-44-48/h3,6-9,11,14,19-22,24,42-44H,2,4-5,10,12-13,15-18,23H2,1H3. The summed E-state index contributed by atoms with van der Waals surface area (Å²) >= 11 is 0. The van der Waals surface area contributed by atoms with Crippen LogP contribution in [0.3, 0.4) is 0 Å². The number of hydrazine groups is 2. The summed E-state index contributed by atoms with van der Waals surface area (Å²) in [6.07, 6.45) is 10.1. The number of anilines is 1. The minimum Gasteiger partial charge on any atom is -0.493 e. The Kier molecular flexibility index (Phi) is 8.80. The summed E-state index contributed by atoms with van der Waals surface area (Å²) in [5, 5.41) is 2.43. The second kappa shape index (κ2) is 13.7. The molecule has 0 radical (unpaired) electrons. The first-order valence-corrected chi connectivity index (χ1v) is 17.5. The number of nitrogens with one attached hydrogen (secondary N) is 3. The third-order valence-electron chi connectivity index (χ3n) is 10.2. The van der Waals surface area contributed by atoms with Crippen LogP contribution in [0.1, 0.15) is 53.2 Å². The van der Waals surface area contributed by atoms with Crippen LogP contribution in [0.4, 0.5) is 14.6 Å². The fourth-order valence-corrected chi connectivity index (χ4v) is 7.23. The van der Waals surface area contributed by atoms with Crippen molar-refractivity contribution in [3.8, 4) is 16.9 Å². The van der Waals surface area contributed by atoms with Gasteiger partial charge in [0, 0.05) is 81.7 Å². The average molecular weight is 695 g/mol. The highest BCUT2D eigenvalue weighted by Crippen LogP contribution is 2.42. The highest BCUT2D eigenvalue weighted by atomic mass is 19.1. The second-order valence-corrected chi connectivity index (χ2v) is 13.5. The van der Waals surface area contributed by atoms with Crippen LogP contribution in [0, 0.1) is 11.6 Å². The maximum Gasteiger partial charge on any atom is 0.270 e. The van der Waals surface area contributed by atoms with Crippen molar-refractivity contribution in [3.05, 3.63) is 95.6 Å². The Balaban J connectivity index is 1.07. The number of aromatic amines is 1. The SMILES string of the molecule is COc1cc(F)cnc1N1CCN(C(=O)c2cc3c(-c4ccc(C5CC5)cc4)cc(C4=CCCN(C(=O)CCN5C=CNN5)C4)c(F)c3[nH]2)CC1. The van der Waals surface area contributed by atoms with E-state index >= 15 is 4.39 Å². The lowest BCUT2D eigenvalue weighted by Crippen LogP contribution is -2.49. The number of H-pyrrole nitrogens is 1. The molecule has 3 N–H and O–H groups in total. The first-order chi connectivity index (χ1) is 24.9. The molecular weight excluding hydrogens is 654 g/mol. The predicted octanol–water partition coefficient (Wildman–Crippen LogP) is 5.16. The summed E-state index contributed by atoms with van der Waals surface area (Å²) in [6, 6.07) is 13.4. The van der Waals surface area contributed by atoms with Gasteiger partial charge in [-0.25, -0.2) is 13.8 Å². The van der Waals surface area contributed by atoms with Gasteiger partial charge in [-0.15, -0.1) is 5.53 Å². The van der Waals surface area contributed by atoms with E-state index in [0.717, 1.165) is 22.9 Å². The number of pyridine rings is 1. The Morgan fingerprint density at radius 2 is 1.78 bits per heavy atom. The number of carbonyl (C=O) groups is 2. The number of rotatable bonds is 9. The predicted molar refractivity (Wildman–Crippen MR) is 190 cm³/mol. The van der Waals surface area contributed by atoms with Crippen LogP contribution in [-0.4, -0.2) is 89.5 Å². The Hall–Kier alpha value is -5.43. The number of hydrogen-bond donors (Lipinski definition) is 3. The van der Waals surface area contributed by atoms with Crippen molar-refractivity contribution in [1.29, 1.82) is 0 Å². The third kappa shape index (κ3) is 6.61. The normalized spacial score (nSPS) is 17.6. The van der Waals surface area contributed by atoms with Crippen molar-refractivity contribution in [2.75, 3.05) is 57.8 Å². The highest BCUT2D eigenvalue weighted by molar-refractivity contribution is 6.04. The Labute approximate surface area is 294 Å². The molecule has 0 unspecified atom stereocenters. The number of fused-ring (bicyclic) bond motifs is 1. The number of aromatic nitrogens is 2. The van der Waals surface area contributed by atoms with Crippen molar-refractivity contribution < 1.29 is 23.1 Å². The van der Waals surface area contributed by atoms with Gasteiger partial charge in [0.25, 0.3) is 5.91 Å². The average Bonchev–Trinajstić information content (AvgIpc) is 3.69. The van der Waals surface area contributed by atoms with Gasteiger partial charge in [-0.2, -0.15) is 0 Å². The van der Waals surface area contributed by atoms with Crippen molar-refractivity contribution >= 4 is 34.1 Å². The molecule has 0 atom stereocenters. The van der Waals surface area contributed by atoms with Gasteiger partial charge < -0.3 is 29.8 Å². The molecule has 2 aromatic heterocycles. The Bertz CT molecular complexity index is 2030. The highest BCUT2D eigenvalue weighted by Gasteiger charge is 2.29. The summed E-state index contributed by atoms with van der Waals surface area (Å²) in [4.78, 5) is 40.0. The molecule has 11 nitrogen and oxygen atoms in total. The zero-order valence-electron chi connectivity index (χ0n) is 28.4. The van der Waals surface area contributed by atoms with E-state index in [-0.39, 0.29) is 17.3 Å². The third-order valence-corrected chi connectivity index (χ3v) is 10.2. The summed E-state index contributed by atoms with van der Waals surface area (Å²) in [5.74, 6) is 0.310. The molecule has 0 bridgehead atoms. The van der Waals surface area contributed by atoms with Gasteiger partial charge in [0.15, 0.2) is 17.4 Å². The zero-order valence-corrected chi connectivity index (χ0v) is 28.4. The minimum atomic E-state index is -0.482. The number of carbonyl (C=O) groups excluding carboxylic acids is 2. The van der Waals surface area contributed by atoms with E-state index in [1.165, 1.54) is 31.6 Å². The first-order valence-electron chi connectivity index (χ1n) is 17.5. The molecule has 51 heavy (non-hydrogen) atoms. The summed E-state index contributed by atoms with van der Waals surface area (Å²) in [5.41, 5.74) is 10.6. The van der Waals surface area contributed by atoms with Crippen LogP contribution in [0.2, 0.25) is 0 Å². The molecule has 3 aliphatic heterocycles. The molecule has 0 spiro atoms. The van der Waals surface area contributed by atoms with E-state index in [2.05, 4.69) is 45.2 Å². The molecule has 1 saturated carbocycles. The number of amides is 2. The summed E-state index contributed by atoms with van der Waals surface area (Å²) < 4.78 is 35.8. The molecule has 1 saturated heterocycles. The van der Waals surface area contributed by atoms with Gasteiger partial charge >= 0.3 is 0 Å². The molecule has 4 aromatic rings. The molecule has 264 valence electrons. The maximum atomic E-state index is 16.7. The van der Waals surface area contributed by atoms with E-state index in [9.17, 15) is 14.0 Å². The van der Waals surface area contributed by atoms with E-state index in [1.54, 1.807) is 27.1 Å². The number of methoxy groups -OCH3 is 1. The molecule has 2 amide bonds. The van der Waals surface area contributed by atoms with E-state index in [1.807, 2.05) is 23.2 Å². The van der Waals surface area contributed by atoms with Crippen LogP contribution in [0.5, 0.6) is 5.75 Å². The number of piperazine rings is 1. The molecule has 2 fully saturated rings. The lowest BCUT2D eigenvalue weighted by Gasteiger charge is -2.35. The van der Waals surface area contributed by atoms with Gasteiger partial charge in [0.2, 0.25) is 5.91 Å². The van der Waals surface area contributed by atoms with Crippen molar-refractivity contribution in [2.45, 2.75) is 31.6 Å². The fraction of sp³-hybridized carbons (Fsp3) is 0.342. The smallest absolute Gasteiger partial charge is 0.270 e. The van der Waals surface area contributed by atoms with Crippen molar-refractivity contribution in [2.24, 2.45) is 0 Å². The lowest BCUT2D eigenvalue weighted by molar-refractivity contribution is -0.131. The largest absolute Gasteiger partial charge is 0.493 e. The zero-order chi connectivity index (χ0) is 35.1. The van der Waals surface area contributed by atoms with Crippen LogP contribution in [-0.2, 0) is 4.79 Å². The molecular formula is C38H40F2N8O3. The Morgan fingerprint density at radius 1 is 0.980 bits per heavy atom. The molecule has 8 rings (SSSR count). The minimum absolute atomic E-state index is 0.00146. The van der Waals surface area contributed by atoms with Gasteiger partial charge in [-0.1, -0.05) is 30.3 Å². The fourth-order valence-electron chi connectivity index (χ4n) is 7.23. The first kappa shape index (κ1) is 32.8. The number of halogens is 2. The van der Waals surface area contributed by atoms with Crippen LogP contribution < -0.4 is 20.6 Å². The summed E-state index contributed by atoms with van der Waals surface area (Å²) in [6.45, 7) is 3.13. The van der Waals surface area contributed by atoms with Gasteiger partial charge in [-0.3, -0.25) is 14.6 Å². The molecule has 1 aliphatic carbocycles. The van der Waals surface area contributed by atoms with Gasteiger partial charge in [0.05, 0.1) is 18.8 Å². The molecule has 13 heteroatoms. The maximum absolute atomic E-state index is 16.7.